The summed E-state index contributed by atoms with van der Waals surface area (Å²) in [4.78, 5) is 0. The van der Waals surface area contributed by atoms with Crippen molar-refractivity contribution in [2.45, 2.75) is 32.6 Å². The van der Waals surface area contributed by atoms with Crippen molar-refractivity contribution in [3.63, 3.8) is 0 Å². The highest BCUT2D eigenvalue weighted by Gasteiger charge is 1.98. The molecule has 2 rings (SSSR count). The first-order valence-corrected chi connectivity index (χ1v) is 9.16. The molecular weight excluding hydrogens is 312 g/mol. The van der Waals surface area contributed by atoms with Crippen LogP contribution in [0.15, 0.2) is 48.5 Å². The third-order valence-electron chi connectivity index (χ3n) is 3.95. The van der Waals surface area contributed by atoms with Gasteiger partial charge < -0.3 is 20.1 Å². The number of nitrogens with one attached hydrogen (secondary N) is 2. The van der Waals surface area contributed by atoms with Gasteiger partial charge in [0.25, 0.3) is 0 Å². The molecule has 0 spiro atoms. The molecule has 0 aliphatic carbocycles. The van der Waals surface area contributed by atoms with Crippen molar-refractivity contribution in [3.8, 4) is 11.5 Å². The first-order chi connectivity index (χ1) is 12.3. The lowest BCUT2D eigenvalue weighted by Gasteiger charge is -2.11. The van der Waals surface area contributed by atoms with Crippen LogP contribution in [0.1, 0.15) is 32.6 Å². The largest absolute Gasteiger partial charge is 0.497 e. The first-order valence-electron chi connectivity index (χ1n) is 9.16. The fourth-order valence-electron chi connectivity index (χ4n) is 2.56. The molecule has 0 saturated carbocycles. The van der Waals surface area contributed by atoms with Crippen molar-refractivity contribution < 1.29 is 9.47 Å². The van der Waals surface area contributed by atoms with E-state index in [0.29, 0.717) is 0 Å². The Balaban J connectivity index is 1.69. The number of hydrogen-bond donors (Lipinski definition) is 2. The maximum absolute atomic E-state index is 5.82. The van der Waals surface area contributed by atoms with Crippen LogP contribution in [0.2, 0.25) is 0 Å². The van der Waals surface area contributed by atoms with Gasteiger partial charge in [0.2, 0.25) is 0 Å². The SMILES string of the molecule is CCCCCCOc1cccc(NCCNc2cccc(OC)c2)c1. The van der Waals surface area contributed by atoms with Crippen LogP contribution in [0.4, 0.5) is 11.4 Å². The Morgan fingerprint density at radius 1 is 0.800 bits per heavy atom. The number of unbranched alkanes of at least 4 members (excludes halogenated alkanes) is 3. The normalized spacial score (nSPS) is 10.3. The molecule has 2 N–H and O–H groups in total. The lowest BCUT2D eigenvalue weighted by Crippen LogP contribution is -2.13. The van der Waals surface area contributed by atoms with E-state index in [1.807, 2.05) is 36.4 Å². The summed E-state index contributed by atoms with van der Waals surface area (Å²) < 4.78 is 11.1. The number of hydrogen-bond acceptors (Lipinski definition) is 4. The van der Waals surface area contributed by atoms with E-state index in [-0.39, 0.29) is 0 Å². The zero-order valence-electron chi connectivity index (χ0n) is 15.4. The molecule has 0 atom stereocenters. The summed E-state index contributed by atoms with van der Waals surface area (Å²) in [5.74, 6) is 1.80. The number of benzene rings is 2. The molecule has 0 aromatic heterocycles. The molecule has 0 saturated heterocycles. The van der Waals surface area contributed by atoms with E-state index in [1.54, 1.807) is 7.11 Å². The third-order valence-corrected chi connectivity index (χ3v) is 3.95. The summed E-state index contributed by atoms with van der Waals surface area (Å²) in [6.45, 7) is 4.67. The van der Waals surface area contributed by atoms with Gasteiger partial charge in [0.1, 0.15) is 11.5 Å². The van der Waals surface area contributed by atoms with E-state index >= 15 is 0 Å². The third kappa shape index (κ3) is 7.38. The fraction of sp³-hybridized carbons (Fsp3) is 0.429. The van der Waals surface area contributed by atoms with E-state index < -0.39 is 0 Å². The lowest BCUT2D eigenvalue weighted by molar-refractivity contribution is 0.305. The average molecular weight is 342 g/mol. The maximum Gasteiger partial charge on any atom is 0.121 e. The molecule has 4 heteroatoms. The zero-order valence-corrected chi connectivity index (χ0v) is 15.4. The van der Waals surface area contributed by atoms with Gasteiger partial charge in [-0.2, -0.15) is 0 Å². The number of rotatable bonds is 12. The smallest absolute Gasteiger partial charge is 0.121 e. The van der Waals surface area contributed by atoms with Crippen molar-refractivity contribution in [1.29, 1.82) is 0 Å². The van der Waals surface area contributed by atoms with Crippen molar-refractivity contribution >= 4 is 11.4 Å². The predicted octanol–water partition coefficient (Wildman–Crippen LogP) is 5.18. The summed E-state index contributed by atoms with van der Waals surface area (Å²) in [7, 11) is 1.68. The lowest BCUT2D eigenvalue weighted by atomic mass is 10.2. The van der Waals surface area contributed by atoms with Crippen LogP contribution in [-0.2, 0) is 0 Å². The highest BCUT2D eigenvalue weighted by atomic mass is 16.5. The molecule has 136 valence electrons. The zero-order chi connectivity index (χ0) is 17.7. The molecule has 2 aromatic carbocycles. The summed E-state index contributed by atoms with van der Waals surface area (Å²) in [6, 6.07) is 16.1. The van der Waals surface area contributed by atoms with Gasteiger partial charge in [-0.1, -0.05) is 38.3 Å². The standard InChI is InChI=1S/C21H30N2O2/c1-3-4-5-6-15-25-21-12-8-10-19(17-21)23-14-13-22-18-9-7-11-20(16-18)24-2/h7-12,16-17,22-23H,3-6,13-15H2,1-2H3. The fourth-order valence-corrected chi connectivity index (χ4v) is 2.56. The van der Waals surface area contributed by atoms with Crippen molar-refractivity contribution in [2.24, 2.45) is 0 Å². The van der Waals surface area contributed by atoms with Gasteiger partial charge in [-0.05, 0) is 30.7 Å². The van der Waals surface area contributed by atoms with E-state index in [9.17, 15) is 0 Å². The van der Waals surface area contributed by atoms with E-state index in [2.05, 4.69) is 29.7 Å². The quantitative estimate of drug-likeness (QED) is 0.522. The monoisotopic (exact) mass is 342 g/mol. The molecule has 25 heavy (non-hydrogen) atoms. The molecule has 2 aromatic rings. The van der Waals surface area contributed by atoms with Gasteiger partial charge in [0.05, 0.1) is 13.7 Å². The molecule has 0 bridgehead atoms. The van der Waals surface area contributed by atoms with Crippen molar-refractivity contribution in [2.75, 3.05) is 37.4 Å². The summed E-state index contributed by atoms with van der Waals surface area (Å²) in [5, 5.41) is 6.81. The van der Waals surface area contributed by atoms with Crippen LogP contribution in [0, 0.1) is 0 Å². The Labute approximate surface area is 151 Å². The Kier molecular flexibility index (Phi) is 8.53. The maximum atomic E-state index is 5.82. The van der Waals surface area contributed by atoms with Gasteiger partial charge >= 0.3 is 0 Å². The van der Waals surface area contributed by atoms with Crippen LogP contribution in [0.3, 0.4) is 0 Å². The van der Waals surface area contributed by atoms with Crippen LogP contribution in [-0.4, -0.2) is 26.8 Å². The highest BCUT2D eigenvalue weighted by molar-refractivity contribution is 5.50. The predicted molar refractivity (Wildman–Crippen MR) is 106 cm³/mol. The van der Waals surface area contributed by atoms with Crippen molar-refractivity contribution in [1.82, 2.24) is 0 Å². The van der Waals surface area contributed by atoms with E-state index in [4.69, 9.17) is 9.47 Å². The molecule has 0 fully saturated rings. The Bertz CT molecular complexity index is 616. The molecule has 0 heterocycles. The van der Waals surface area contributed by atoms with Crippen molar-refractivity contribution in [3.05, 3.63) is 48.5 Å². The summed E-state index contributed by atoms with van der Waals surface area (Å²) in [6.07, 6.45) is 4.90. The number of anilines is 2. The topological polar surface area (TPSA) is 42.5 Å². The molecule has 0 aliphatic heterocycles. The van der Waals surface area contributed by atoms with E-state index in [0.717, 1.165) is 49.0 Å². The number of methoxy groups -OCH3 is 1. The van der Waals surface area contributed by atoms with Gasteiger partial charge in [-0.15, -0.1) is 0 Å². The van der Waals surface area contributed by atoms with Gasteiger partial charge in [0, 0.05) is 36.6 Å². The Morgan fingerprint density at radius 2 is 1.44 bits per heavy atom. The minimum atomic E-state index is 0.793. The van der Waals surface area contributed by atoms with Gasteiger partial charge in [-0.25, -0.2) is 0 Å². The van der Waals surface area contributed by atoms with Crippen LogP contribution >= 0.6 is 0 Å². The second-order valence-corrected chi connectivity index (χ2v) is 6.02. The van der Waals surface area contributed by atoms with E-state index in [1.165, 1.54) is 19.3 Å². The van der Waals surface area contributed by atoms with Gasteiger partial charge in [-0.3, -0.25) is 0 Å². The second kappa shape index (κ2) is 11.2. The minimum Gasteiger partial charge on any atom is -0.497 e. The van der Waals surface area contributed by atoms with Crippen LogP contribution in [0.25, 0.3) is 0 Å². The Hall–Kier alpha value is -2.36. The molecule has 0 unspecified atom stereocenters. The van der Waals surface area contributed by atoms with Gasteiger partial charge in [0.15, 0.2) is 0 Å². The molecule has 0 radical (unpaired) electrons. The van der Waals surface area contributed by atoms with Crippen LogP contribution in [0.5, 0.6) is 11.5 Å². The molecular formula is C21H30N2O2. The summed E-state index contributed by atoms with van der Waals surface area (Å²) >= 11 is 0. The highest BCUT2D eigenvalue weighted by Crippen LogP contribution is 2.18. The minimum absolute atomic E-state index is 0.793. The number of ether oxygens (including phenoxy) is 2. The molecule has 4 nitrogen and oxygen atoms in total. The second-order valence-electron chi connectivity index (χ2n) is 6.02. The Morgan fingerprint density at radius 3 is 2.08 bits per heavy atom. The first kappa shape index (κ1) is 19.0. The molecule has 0 aliphatic rings. The van der Waals surface area contributed by atoms with Crippen LogP contribution < -0.4 is 20.1 Å². The summed E-state index contributed by atoms with van der Waals surface area (Å²) in [5.41, 5.74) is 2.14. The average Bonchev–Trinajstić information content (AvgIpc) is 2.66. The molecule has 0 amide bonds.